The number of aryl methyl sites for hydroxylation is 1. The van der Waals surface area contributed by atoms with E-state index in [-0.39, 0.29) is 11.9 Å². The second kappa shape index (κ2) is 10.3. The highest BCUT2D eigenvalue weighted by Gasteiger charge is 2.20. The molecule has 160 valence electrons. The van der Waals surface area contributed by atoms with Crippen molar-refractivity contribution >= 4 is 5.91 Å². The maximum absolute atomic E-state index is 11.8. The molecule has 4 heteroatoms. The van der Waals surface area contributed by atoms with Gasteiger partial charge in [-0.05, 0) is 42.0 Å². The van der Waals surface area contributed by atoms with Crippen LogP contribution < -0.4 is 5.32 Å². The molecule has 0 aromatic heterocycles. The largest absolute Gasteiger partial charge is 0.508 e. The normalized spacial score (nSPS) is 14.7. The van der Waals surface area contributed by atoms with Crippen LogP contribution in [0.5, 0.6) is 5.75 Å². The van der Waals surface area contributed by atoms with Crippen LogP contribution in [-0.4, -0.2) is 22.5 Å². The highest BCUT2D eigenvalue weighted by Crippen LogP contribution is 2.27. The van der Waals surface area contributed by atoms with Crippen molar-refractivity contribution in [2.75, 3.05) is 6.54 Å². The Balaban J connectivity index is 1.39. The van der Waals surface area contributed by atoms with E-state index in [4.69, 9.17) is 0 Å². The zero-order valence-corrected chi connectivity index (χ0v) is 17.8. The van der Waals surface area contributed by atoms with Crippen LogP contribution in [0.1, 0.15) is 47.6 Å². The fourth-order valence-electron chi connectivity index (χ4n) is 4.20. The summed E-state index contributed by atoms with van der Waals surface area (Å²) in [4.78, 5) is 13.8. The van der Waals surface area contributed by atoms with E-state index in [1.807, 2.05) is 29.2 Å². The summed E-state index contributed by atoms with van der Waals surface area (Å²) in [5.41, 5.74) is 4.59. The summed E-state index contributed by atoms with van der Waals surface area (Å²) in [6, 6.07) is 26.6. The van der Waals surface area contributed by atoms with Crippen LogP contribution in [0.4, 0.5) is 0 Å². The van der Waals surface area contributed by atoms with E-state index in [0.717, 1.165) is 37.9 Å². The Morgan fingerprint density at radius 2 is 1.58 bits per heavy atom. The number of para-hydroxylation sites is 1. The summed E-state index contributed by atoms with van der Waals surface area (Å²) in [6.45, 7) is 2.28. The third-order valence-corrected chi connectivity index (χ3v) is 6.00. The monoisotopic (exact) mass is 414 g/mol. The number of amides is 1. The zero-order valence-electron chi connectivity index (χ0n) is 17.8. The molecule has 3 aromatic carbocycles. The Morgan fingerprint density at radius 1 is 0.871 bits per heavy atom. The van der Waals surface area contributed by atoms with Gasteiger partial charge in [-0.3, -0.25) is 4.79 Å². The Bertz CT molecular complexity index is 986. The number of aromatic hydroxyl groups is 1. The van der Waals surface area contributed by atoms with E-state index in [1.165, 1.54) is 16.7 Å². The van der Waals surface area contributed by atoms with Crippen molar-refractivity contribution in [3.8, 4) is 5.75 Å². The molecule has 31 heavy (non-hydrogen) atoms. The molecule has 1 aliphatic rings. The fraction of sp³-hybridized carbons (Fsp3) is 0.296. The van der Waals surface area contributed by atoms with Crippen LogP contribution in [-0.2, 0) is 24.3 Å². The molecule has 0 spiro atoms. The number of hydrogen-bond acceptors (Lipinski definition) is 3. The molecule has 1 aliphatic heterocycles. The molecule has 4 rings (SSSR count). The summed E-state index contributed by atoms with van der Waals surface area (Å²) in [6.07, 6.45) is 3.49. The number of carbonyl (C=O) groups is 1. The lowest BCUT2D eigenvalue weighted by atomic mass is 9.97. The number of rotatable bonds is 9. The van der Waals surface area contributed by atoms with Gasteiger partial charge in [0, 0.05) is 37.7 Å². The molecular weight excluding hydrogens is 384 g/mol. The van der Waals surface area contributed by atoms with Gasteiger partial charge in [-0.2, -0.15) is 0 Å². The molecule has 3 aromatic rings. The predicted octanol–water partition coefficient (Wildman–Crippen LogP) is 4.98. The molecule has 1 saturated heterocycles. The van der Waals surface area contributed by atoms with Gasteiger partial charge in [-0.15, -0.1) is 0 Å². The third-order valence-electron chi connectivity index (χ3n) is 6.00. The van der Waals surface area contributed by atoms with Crippen molar-refractivity contribution < 1.29 is 9.90 Å². The van der Waals surface area contributed by atoms with Gasteiger partial charge in [0.15, 0.2) is 0 Å². The van der Waals surface area contributed by atoms with Gasteiger partial charge >= 0.3 is 0 Å². The van der Waals surface area contributed by atoms with Gasteiger partial charge in [-0.1, -0.05) is 72.8 Å². The molecule has 1 atom stereocenters. The number of hydrogen-bond donors (Lipinski definition) is 2. The van der Waals surface area contributed by atoms with E-state index in [2.05, 4.69) is 53.8 Å². The number of phenolic OH excluding ortho intramolecular Hbond substituents is 1. The maximum atomic E-state index is 11.8. The smallest absolute Gasteiger partial charge is 0.222 e. The average molecular weight is 415 g/mol. The molecule has 4 nitrogen and oxygen atoms in total. The molecule has 1 unspecified atom stereocenters. The first kappa shape index (κ1) is 21.1. The molecule has 0 radical (unpaired) electrons. The van der Waals surface area contributed by atoms with Crippen LogP contribution in [0, 0.1) is 0 Å². The summed E-state index contributed by atoms with van der Waals surface area (Å²) in [5.74, 6) is 0.591. The highest BCUT2D eigenvalue weighted by atomic mass is 16.3. The van der Waals surface area contributed by atoms with Crippen molar-refractivity contribution in [1.29, 1.82) is 0 Å². The van der Waals surface area contributed by atoms with Crippen LogP contribution >= 0.6 is 0 Å². The predicted molar refractivity (Wildman–Crippen MR) is 124 cm³/mol. The minimum Gasteiger partial charge on any atom is -0.508 e. The van der Waals surface area contributed by atoms with Gasteiger partial charge in [-0.25, -0.2) is 0 Å². The van der Waals surface area contributed by atoms with E-state index in [1.54, 1.807) is 6.07 Å². The van der Waals surface area contributed by atoms with E-state index < -0.39 is 0 Å². The van der Waals surface area contributed by atoms with E-state index in [9.17, 15) is 9.90 Å². The number of phenols is 1. The number of nitrogens with zero attached hydrogens (tertiary/aromatic N) is 1. The standard InChI is InChI=1S/C27H30N2O2/c30-26-10-5-4-9-24(26)25(17-16-21-7-2-1-3-8-21)28-19-22-12-14-23(15-13-22)20-29-18-6-11-27(29)31/h1-5,7-10,12-15,25,28,30H,6,11,16-20H2. The van der Waals surface area contributed by atoms with Gasteiger partial charge < -0.3 is 15.3 Å². The Morgan fingerprint density at radius 3 is 2.29 bits per heavy atom. The first-order valence-corrected chi connectivity index (χ1v) is 11.1. The lowest BCUT2D eigenvalue weighted by molar-refractivity contribution is -0.128. The number of likely N-dealkylation sites (tertiary alicyclic amines) is 1. The van der Waals surface area contributed by atoms with Crippen LogP contribution in [0.3, 0.4) is 0 Å². The average Bonchev–Trinajstić information content (AvgIpc) is 3.20. The first-order valence-electron chi connectivity index (χ1n) is 11.1. The second-order valence-electron chi connectivity index (χ2n) is 8.25. The molecule has 0 saturated carbocycles. The maximum Gasteiger partial charge on any atom is 0.222 e. The zero-order chi connectivity index (χ0) is 21.5. The lowest BCUT2D eigenvalue weighted by Crippen LogP contribution is -2.24. The SMILES string of the molecule is O=C1CCCN1Cc1ccc(CNC(CCc2ccccc2)c2ccccc2O)cc1. The van der Waals surface area contributed by atoms with Gasteiger partial charge in [0.2, 0.25) is 5.91 Å². The van der Waals surface area contributed by atoms with E-state index in [0.29, 0.717) is 18.7 Å². The van der Waals surface area contributed by atoms with Crippen molar-refractivity contribution in [2.45, 2.75) is 44.8 Å². The molecule has 2 N–H and O–H groups in total. The molecule has 0 bridgehead atoms. The Hall–Kier alpha value is -3.11. The Labute approximate surface area is 184 Å². The van der Waals surface area contributed by atoms with Gasteiger partial charge in [0.1, 0.15) is 5.75 Å². The summed E-state index contributed by atoms with van der Waals surface area (Å²) in [7, 11) is 0. The number of benzene rings is 3. The molecule has 0 aliphatic carbocycles. The molecule has 1 fully saturated rings. The third kappa shape index (κ3) is 5.74. The van der Waals surface area contributed by atoms with Crippen molar-refractivity contribution in [3.05, 3.63) is 101 Å². The van der Waals surface area contributed by atoms with Crippen molar-refractivity contribution in [3.63, 3.8) is 0 Å². The fourth-order valence-corrected chi connectivity index (χ4v) is 4.20. The number of carbonyl (C=O) groups excluding carboxylic acids is 1. The van der Waals surface area contributed by atoms with Gasteiger partial charge in [0.05, 0.1) is 0 Å². The quantitative estimate of drug-likeness (QED) is 0.519. The first-order chi connectivity index (χ1) is 15.2. The number of nitrogens with one attached hydrogen (secondary N) is 1. The van der Waals surface area contributed by atoms with Crippen molar-refractivity contribution in [2.24, 2.45) is 0 Å². The van der Waals surface area contributed by atoms with Gasteiger partial charge in [0.25, 0.3) is 0 Å². The van der Waals surface area contributed by atoms with E-state index >= 15 is 0 Å². The second-order valence-corrected chi connectivity index (χ2v) is 8.25. The summed E-state index contributed by atoms with van der Waals surface area (Å²) in [5, 5.41) is 14.0. The molecule has 1 amide bonds. The lowest BCUT2D eigenvalue weighted by Gasteiger charge is -2.21. The topological polar surface area (TPSA) is 52.6 Å². The van der Waals surface area contributed by atoms with Crippen LogP contribution in [0.25, 0.3) is 0 Å². The van der Waals surface area contributed by atoms with Crippen molar-refractivity contribution in [1.82, 2.24) is 10.2 Å². The minimum absolute atomic E-state index is 0.0586. The molecular formula is C27H30N2O2. The molecule has 1 heterocycles. The minimum atomic E-state index is 0.0586. The summed E-state index contributed by atoms with van der Waals surface area (Å²) < 4.78 is 0. The highest BCUT2D eigenvalue weighted by molar-refractivity contribution is 5.78. The Kier molecular flexibility index (Phi) is 7.00. The van der Waals surface area contributed by atoms with Crippen LogP contribution in [0.15, 0.2) is 78.9 Å². The summed E-state index contributed by atoms with van der Waals surface area (Å²) >= 11 is 0. The van der Waals surface area contributed by atoms with Crippen LogP contribution in [0.2, 0.25) is 0 Å².